The number of rotatable bonds is 6. The molecular weight excluding hydrogens is 314 g/mol. The molecule has 8 nitrogen and oxygen atoms in total. The van der Waals surface area contributed by atoms with Crippen LogP contribution >= 0.6 is 0 Å². The average Bonchev–Trinajstić information content (AvgIpc) is 2.59. The Labute approximate surface area is 138 Å². The van der Waals surface area contributed by atoms with E-state index >= 15 is 0 Å². The van der Waals surface area contributed by atoms with Crippen molar-refractivity contribution in [2.75, 3.05) is 7.11 Å². The predicted octanol–water partition coefficient (Wildman–Crippen LogP) is 2.12. The Morgan fingerprint density at radius 3 is 2.71 bits per heavy atom. The highest BCUT2D eigenvalue weighted by Gasteiger charge is 2.20. The molecule has 2 N–H and O–H groups in total. The lowest BCUT2D eigenvalue weighted by atomic mass is 10.0. The number of hydrogen-bond donors (Lipinski definition) is 1. The fourth-order valence-electron chi connectivity index (χ4n) is 2.22. The van der Waals surface area contributed by atoms with Crippen molar-refractivity contribution in [2.45, 2.75) is 20.1 Å². The quantitative estimate of drug-likeness (QED) is 0.489. The molecule has 0 bridgehead atoms. The standard InChI is InChI=1S/C16H17N3O5/c1-10-6-7-14(15(18-10)19(21)22)24-9-13-11(8-17)4-3-5-12(13)16(20)23-2/h3-7H,8-9,17H2,1-2H3. The summed E-state index contributed by atoms with van der Waals surface area (Å²) in [5, 5.41) is 11.1. The second-order valence-electron chi connectivity index (χ2n) is 4.96. The van der Waals surface area contributed by atoms with Gasteiger partial charge in [-0.1, -0.05) is 12.1 Å². The summed E-state index contributed by atoms with van der Waals surface area (Å²) in [7, 11) is 1.27. The normalized spacial score (nSPS) is 10.3. The zero-order valence-corrected chi connectivity index (χ0v) is 13.3. The number of nitro groups is 1. The number of aryl methyl sites for hydroxylation is 1. The number of benzene rings is 1. The SMILES string of the molecule is COC(=O)c1cccc(CN)c1COc1ccc(C)nc1[N+](=O)[O-]. The average molecular weight is 331 g/mol. The maximum absolute atomic E-state index is 11.9. The number of nitrogens with two attached hydrogens (primary N) is 1. The van der Waals surface area contributed by atoms with Crippen LogP contribution in [0.15, 0.2) is 30.3 Å². The first-order valence-electron chi connectivity index (χ1n) is 7.12. The van der Waals surface area contributed by atoms with Crippen molar-refractivity contribution in [3.05, 3.63) is 62.8 Å². The number of carbonyl (C=O) groups excluding carboxylic acids is 1. The van der Waals surface area contributed by atoms with Gasteiger partial charge in [-0.15, -0.1) is 0 Å². The molecule has 24 heavy (non-hydrogen) atoms. The topological polar surface area (TPSA) is 118 Å². The minimum atomic E-state index is -0.613. The Bertz CT molecular complexity index is 776. The van der Waals surface area contributed by atoms with Gasteiger partial charge in [-0.25, -0.2) is 4.79 Å². The summed E-state index contributed by atoms with van der Waals surface area (Å²) in [6.45, 7) is 1.77. The first kappa shape index (κ1) is 17.4. The fourth-order valence-corrected chi connectivity index (χ4v) is 2.22. The van der Waals surface area contributed by atoms with E-state index in [1.165, 1.54) is 13.2 Å². The third-order valence-corrected chi connectivity index (χ3v) is 3.42. The minimum absolute atomic E-state index is 0.0215. The summed E-state index contributed by atoms with van der Waals surface area (Å²) < 4.78 is 10.3. The highest BCUT2D eigenvalue weighted by molar-refractivity contribution is 5.91. The summed E-state index contributed by atoms with van der Waals surface area (Å²) in [4.78, 5) is 26.2. The van der Waals surface area contributed by atoms with Gasteiger partial charge in [0.1, 0.15) is 12.3 Å². The molecule has 2 rings (SSSR count). The number of ether oxygens (including phenoxy) is 2. The first-order valence-corrected chi connectivity index (χ1v) is 7.12. The highest BCUT2D eigenvalue weighted by atomic mass is 16.6. The van der Waals surface area contributed by atoms with Gasteiger partial charge in [0.25, 0.3) is 0 Å². The molecule has 0 aliphatic carbocycles. The smallest absolute Gasteiger partial charge is 0.406 e. The fraction of sp³-hybridized carbons (Fsp3) is 0.250. The molecule has 1 heterocycles. The van der Waals surface area contributed by atoms with Gasteiger partial charge in [0.2, 0.25) is 5.75 Å². The van der Waals surface area contributed by atoms with E-state index < -0.39 is 10.9 Å². The number of aromatic nitrogens is 1. The van der Waals surface area contributed by atoms with Crippen molar-refractivity contribution in [1.29, 1.82) is 0 Å². The van der Waals surface area contributed by atoms with Crippen LogP contribution in [0.2, 0.25) is 0 Å². The molecule has 0 fully saturated rings. The molecule has 0 amide bonds. The zero-order valence-electron chi connectivity index (χ0n) is 13.3. The van der Waals surface area contributed by atoms with Crippen LogP contribution in [0.3, 0.4) is 0 Å². The van der Waals surface area contributed by atoms with Crippen LogP contribution in [0.5, 0.6) is 5.75 Å². The second-order valence-corrected chi connectivity index (χ2v) is 4.96. The first-order chi connectivity index (χ1) is 11.5. The van der Waals surface area contributed by atoms with Crippen molar-refractivity contribution < 1.29 is 19.2 Å². The minimum Gasteiger partial charge on any atom is -0.481 e. The molecular formula is C16H17N3O5. The van der Waals surface area contributed by atoms with Crippen LogP contribution < -0.4 is 10.5 Å². The van der Waals surface area contributed by atoms with Crippen molar-refractivity contribution in [3.8, 4) is 5.75 Å². The summed E-state index contributed by atoms with van der Waals surface area (Å²) in [6, 6.07) is 8.12. The van der Waals surface area contributed by atoms with Crippen molar-refractivity contribution in [2.24, 2.45) is 5.73 Å². The van der Waals surface area contributed by atoms with Gasteiger partial charge < -0.3 is 25.3 Å². The zero-order chi connectivity index (χ0) is 17.7. The molecule has 0 aliphatic heterocycles. The van der Waals surface area contributed by atoms with Crippen LogP contribution in [-0.2, 0) is 17.9 Å². The van der Waals surface area contributed by atoms with Gasteiger partial charge in [-0.2, -0.15) is 0 Å². The van der Waals surface area contributed by atoms with Gasteiger partial charge in [0, 0.05) is 19.0 Å². The van der Waals surface area contributed by atoms with Gasteiger partial charge in [0.15, 0.2) is 0 Å². The molecule has 1 aromatic carbocycles. The van der Waals surface area contributed by atoms with E-state index in [0.29, 0.717) is 22.4 Å². The van der Waals surface area contributed by atoms with Crippen molar-refractivity contribution in [3.63, 3.8) is 0 Å². The lowest BCUT2D eigenvalue weighted by molar-refractivity contribution is -0.390. The molecule has 8 heteroatoms. The van der Waals surface area contributed by atoms with Crippen LogP contribution in [0.4, 0.5) is 5.82 Å². The van der Waals surface area contributed by atoms with E-state index in [-0.39, 0.29) is 24.7 Å². The van der Waals surface area contributed by atoms with E-state index in [0.717, 1.165) is 0 Å². The van der Waals surface area contributed by atoms with Gasteiger partial charge in [-0.3, -0.25) is 0 Å². The van der Waals surface area contributed by atoms with E-state index in [1.807, 2.05) is 0 Å². The molecule has 126 valence electrons. The maximum atomic E-state index is 11.9. The second kappa shape index (κ2) is 7.51. The Balaban J connectivity index is 2.36. The monoisotopic (exact) mass is 331 g/mol. The molecule has 0 atom stereocenters. The number of carbonyl (C=O) groups is 1. The van der Waals surface area contributed by atoms with Crippen molar-refractivity contribution >= 4 is 11.8 Å². The van der Waals surface area contributed by atoms with Gasteiger partial charge in [0.05, 0.1) is 12.7 Å². The van der Waals surface area contributed by atoms with Gasteiger partial charge in [-0.05, 0) is 33.7 Å². The van der Waals surface area contributed by atoms with Crippen LogP contribution in [0.25, 0.3) is 0 Å². The van der Waals surface area contributed by atoms with E-state index in [9.17, 15) is 14.9 Å². The molecule has 0 unspecified atom stereocenters. The number of hydrogen-bond acceptors (Lipinski definition) is 7. The highest BCUT2D eigenvalue weighted by Crippen LogP contribution is 2.26. The van der Waals surface area contributed by atoms with Gasteiger partial charge >= 0.3 is 11.8 Å². The molecule has 0 radical (unpaired) electrons. The van der Waals surface area contributed by atoms with Crippen molar-refractivity contribution in [1.82, 2.24) is 4.98 Å². The Hall–Kier alpha value is -3.00. The Morgan fingerprint density at radius 1 is 1.33 bits per heavy atom. The number of esters is 1. The third kappa shape index (κ3) is 3.66. The number of methoxy groups -OCH3 is 1. The summed E-state index contributed by atoms with van der Waals surface area (Å²) >= 11 is 0. The number of nitrogens with zero attached hydrogens (tertiary/aromatic N) is 2. The lowest BCUT2D eigenvalue weighted by Crippen LogP contribution is -2.13. The third-order valence-electron chi connectivity index (χ3n) is 3.42. The summed E-state index contributed by atoms with van der Waals surface area (Å²) in [5.41, 5.74) is 7.74. The number of pyridine rings is 1. The summed E-state index contributed by atoms with van der Waals surface area (Å²) in [5.74, 6) is -0.881. The van der Waals surface area contributed by atoms with E-state index in [4.69, 9.17) is 15.2 Å². The lowest BCUT2D eigenvalue weighted by Gasteiger charge is -2.13. The van der Waals surface area contributed by atoms with E-state index in [1.54, 1.807) is 31.2 Å². The maximum Gasteiger partial charge on any atom is 0.406 e. The van der Waals surface area contributed by atoms with Crippen LogP contribution in [0, 0.1) is 17.0 Å². The molecule has 0 saturated carbocycles. The summed E-state index contributed by atoms with van der Waals surface area (Å²) in [6.07, 6.45) is 0. The Kier molecular flexibility index (Phi) is 5.43. The van der Waals surface area contributed by atoms with E-state index in [2.05, 4.69) is 4.98 Å². The molecule has 0 spiro atoms. The largest absolute Gasteiger partial charge is 0.481 e. The Morgan fingerprint density at radius 2 is 2.08 bits per heavy atom. The van der Waals surface area contributed by atoms with Crippen LogP contribution in [0.1, 0.15) is 27.2 Å². The molecule has 2 aromatic rings. The predicted molar refractivity (Wildman–Crippen MR) is 85.6 cm³/mol. The molecule has 0 aliphatic rings. The molecule has 0 saturated heterocycles. The molecule has 1 aromatic heterocycles. The van der Waals surface area contributed by atoms with Crippen LogP contribution in [-0.4, -0.2) is 23.0 Å².